The van der Waals surface area contributed by atoms with Gasteiger partial charge >= 0.3 is 0 Å². The van der Waals surface area contributed by atoms with E-state index < -0.39 is 0 Å². The van der Waals surface area contributed by atoms with E-state index in [-0.39, 0.29) is 11.9 Å². The Hall–Kier alpha value is -0.830. The van der Waals surface area contributed by atoms with Crippen molar-refractivity contribution in [1.29, 1.82) is 0 Å². The molecule has 1 rings (SSSR count). The second kappa shape index (κ2) is 5.15. The van der Waals surface area contributed by atoms with Crippen molar-refractivity contribution >= 4 is 21.8 Å². The van der Waals surface area contributed by atoms with Crippen molar-refractivity contribution in [2.24, 2.45) is 0 Å². The van der Waals surface area contributed by atoms with Crippen LogP contribution >= 0.6 is 15.9 Å². The molecule has 14 heavy (non-hydrogen) atoms. The fourth-order valence-corrected chi connectivity index (χ4v) is 1.44. The van der Waals surface area contributed by atoms with Crippen molar-refractivity contribution in [3.8, 4) is 0 Å². The first-order valence-electron chi connectivity index (χ1n) is 4.68. The van der Waals surface area contributed by atoms with Gasteiger partial charge in [0.15, 0.2) is 0 Å². The molecule has 0 unspecified atom stereocenters. The molecule has 0 heterocycles. The van der Waals surface area contributed by atoms with Crippen LogP contribution in [-0.2, 0) is 4.79 Å². The maximum absolute atomic E-state index is 11.1. The molecule has 0 bridgehead atoms. The SMILES string of the molecule is CCC(=O)N[C@@H](C)c1ccc(Br)cc1. The second-order valence-corrected chi connectivity index (χ2v) is 4.11. The van der Waals surface area contributed by atoms with Crippen molar-refractivity contribution in [2.45, 2.75) is 26.3 Å². The van der Waals surface area contributed by atoms with E-state index in [9.17, 15) is 4.79 Å². The number of rotatable bonds is 3. The Morgan fingerprint density at radius 3 is 2.50 bits per heavy atom. The third kappa shape index (κ3) is 3.14. The summed E-state index contributed by atoms with van der Waals surface area (Å²) in [5, 5.41) is 2.91. The minimum Gasteiger partial charge on any atom is -0.350 e. The molecule has 0 aliphatic carbocycles. The zero-order valence-electron chi connectivity index (χ0n) is 8.38. The van der Waals surface area contributed by atoms with Gasteiger partial charge in [0, 0.05) is 10.9 Å². The minimum absolute atomic E-state index is 0.0792. The summed E-state index contributed by atoms with van der Waals surface area (Å²) in [6.45, 7) is 3.83. The Kier molecular flexibility index (Phi) is 4.14. The molecule has 0 fully saturated rings. The van der Waals surface area contributed by atoms with Crippen LogP contribution in [0.1, 0.15) is 31.9 Å². The molecular weight excluding hydrogens is 242 g/mol. The van der Waals surface area contributed by atoms with E-state index in [2.05, 4.69) is 21.2 Å². The number of benzene rings is 1. The van der Waals surface area contributed by atoms with Crippen molar-refractivity contribution in [3.63, 3.8) is 0 Å². The summed E-state index contributed by atoms with van der Waals surface area (Å²) in [4.78, 5) is 11.1. The first kappa shape index (κ1) is 11.2. The lowest BCUT2D eigenvalue weighted by atomic mass is 10.1. The number of amides is 1. The van der Waals surface area contributed by atoms with E-state index in [1.165, 1.54) is 0 Å². The first-order chi connectivity index (χ1) is 6.63. The van der Waals surface area contributed by atoms with E-state index in [0.717, 1.165) is 10.0 Å². The van der Waals surface area contributed by atoms with Crippen molar-refractivity contribution in [1.82, 2.24) is 5.32 Å². The van der Waals surface area contributed by atoms with Crippen molar-refractivity contribution in [3.05, 3.63) is 34.3 Å². The highest BCUT2D eigenvalue weighted by atomic mass is 79.9. The molecule has 0 aliphatic heterocycles. The summed E-state index contributed by atoms with van der Waals surface area (Å²) >= 11 is 3.37. The largest absolute Gasteiger partial charge is 0.350 e. The molecule has 0 radical (unpaired) electrons. The molecule has 0 aliphatic rings. The number of carbonyl (C=O) groups excluding carboxylic acids is 1. The topological polar surface area (TPSA) is 29.1 Å². The van der Waals surface area contributed by atoms with Crippen LogP contribution in [0.25, 0.3) is 0 Å². The predicted molar refractivity (Wildman–Crippen MR) is 61.0 cm³/mol. The van der Waals surface area contributed by atoms with Crippen molar-refractivity contribution in [2.75, 3.05) is 0 Å². The number of hydrogen-bond donors (Lipinski definition) is 1. The Morgan fingerprint density at radius 1 is 1.43 bits per heavy atom. The van der Waals surface area contributed by atoms with E-state index in [4.69, 9.17) is 0 Å². The summed E-state index contributed by atoms with van der Waals surface area (Å²) in [5.74, 6) is 0.0837. The third-order valence-corrected chi connectivity index (χ3v) is 2.60. The Bertz CT molecular complexity index is 308. The molecule has 1 N–H and O–H groups in total. The zero-order valence-corrected chi connectivity index (χ0v) is 9.97. The van der Waals surface area contributed by atoms with Gasteiger partial charge in [-0.1, -0.05) is 35.0 Å². The van der Waals surface area contributed by atoms with Gasteiger partial charge in [-0.05, 0) is 24.6 Å². The van der Waals surface area contributed by atoms with Crippen LogP contribution in [0.4, 0.5) is 0 Å². The fourth-order valence-electron chi connectivity index (χ4n) is 1.18. The molecule has 1 atom stereocenters. The molecule has 76 valence electrons. The third-order valence-electron chi connectivity index (χ3n) is 2.07. The van der Waals surface area contributed by atoms with E-state index in [0.29, 0.717) is 6.42 Å². The highest BCUT2D eigenvalue weighted by Crippen LogP contribution is 2.16. The average molecular weight is 256 g/mol. The normalized spacial score (nSPS) is 12.2. The van der Waals surface area contributed by atoms with Crippen LogP contribution < -0.4 is 5.32 Å². The molecule has 0 saturated heterocycles. The average Bonchev–Trinajstić information content (AvgIpc) is 2.18. The highest BCUT2D eigenvalue weighted by molar-refractivity contribution is 9.10. The van der Waals surface area contributed by atoms with Gasteiger partial charge in [-0.3, -0.25) is 4.79 Å². The van der Waals surface area contributed by atoms with Crippen LogP contribution in [0.3, 0.4) is 0 Å². The van der Waals surface area contributed by atoms with Crippen LogP contribution in [-0.4, -0.2) is 5.91 Å². The maximum Gasteiger partial charge on any atom is 0.220 e. The number of halogens is 1. The molecule has 1 aromatic carbocycles. The van der Waals surface area contributed by atoms with Gasteiger partial charge in [0.2, 0.25) is 5.91 Å². The monoisotopic (exact) mass is 255 g/mol. The zero-order chi connectivity index (χ0) is 10.6. The number of nitrogens with one attached hydrogen (secondary N) is 1. The standard InChI is InChI=1S/C11H14BrNO/c1-3-11(14)13-8(2)9-4-6-10(12)7-5-9/h4-8H,3H2,1-2H3,(H,13,14)/t8-/m0/s1. The molecule has 3 heteroatoms. The Morgan fingerprint density at radius 2 is 2.00 bits per heavy atom. The van der Waals surface area contributed by atoms with Gasteiger partial charge in [-0.15, -0.1) is 0 Å². The summed E-state index contributed by atoms with van der Waals surface area (Å²) in [7, 11) is 0. The van der Waals surface area contributed by atoms with Gasteiger partial charge in [0.1, 0.15) is 0 Å². The van der Waals surface area contributed by atoms with E-state index in [1.54, 1.807) is 0 Å². The van der Waals surface area contributed by atoms with Gasteiger partial charge < -0.3 is 5.32 Å². The van der Waals surface area contributed by atoms with Gasteiger partial charge in [-0.25, -0.2) is 0 Å². The first-order valence-corrected chi connectivity index (χ1v) is 5.47. The summed E-state index contributed by atoms with van der Waals surface area (Å²) in [6, 6.07) is 8.04. The van der Waals surface area contributed by atoms with Crippen molar-refractivity contribution < 1.29 is 4.79 Å². The lowest BCUT2D eigenvalue weighted by Crippen LogP contribution is -2.25. The molecule has 2 nitrogen and oxygen atoms in total. The minimum atomic E-state index is 0.0792. The summed E-state index contributed by atoms with van der Waals surface area (Å²) in [6.07, 6.45) is 0.529. The number of carbonyl (C=O) groups is 1. The highest BCUT2D eigenvalue weighted by Gasteiger charge is 2.06. The number of hydrogen-bond acceptors (Lipinski definition) is 1. The van der Waals surface area contributed by atoms with Gasteiger partial charge in [-0.2, -0.15) is 0 Å². The van der Waals surface area contributed by atoms with Gasteiger partial charge in [0.25, 0.3) is 0 Å². The molecule has 1 aromatic rings. The van der Waals surface area contributed by atoms with Crippen LogP contribution in [0.5, 0.6) is 0 Å². The fraction of sp³-hybridized carbons (Fsp3) is 0.364. The lowest BCUT2D eigenvalue weighted by Gasteiger charge is -2.13. The summed E-state index contributed by atoms with van der Waals surface area (Å²) < 4.78 is 1.05. The van der Waals surface area contributed by atoms with E-state index in [1.807, 2.05) is 38.1 Å². The van der Waals surface area contributed by atoms with Crippen LogP contribution in [0.2, 0.25) is 0 Å². The van der Waals surface area contributed by atoms with Gasteiger partial charge in [0.05, 0.1) is 6.04 Å². The lowest BCUT2D eigenvalue weighted by molar-refractivity contribution is -0.121. The molecule has 1 amide bonds. The van der Waals surface area contributed by atoms with E-state index >= 15 is 0 Å². The Labute approximate surface area is 92.8 Å². The summed E-state index contributed by atoms with van der Waals surface area (Å²) in [5.41, 5.74) is 1.12. The quantitative estimate of drug-likeness (QED) is 0.884. The molecule has 0 aromatic heterocycles. The van der Waals surface area contributed by atoms with Crippen LogP contribution in [0, 0.1) is 0 Å². The molecule has 0 saturated carbocycles. The molecular formula is C11H14BrNO. The maximum atomic E-state index is 11.1. The predicted octanol–water partition coefficient (Wildman–Crippen LogP) is 3.04. The second-order valence-electron chi connectivity index (χ2n) is 3.19. The molecule has 0 spiro atoms. The van der Waals surface area contributed by atoms with Crippen LogP contribution in [0.15, 0.2) is 28.7 Å². The smallest absolute Gasteiger partial charge is 0.220 e. The Balaban J connectivity index is 2.65.